The number of carboxylic acids is 1. The first-order chi connectivity index (χ1) is 9.08. The lowest BCUT2D eigenvalue weighted by molar-refractivity contribution is -0.133. The zero-order valence-corrected chi connectivity index (χ0v) is 11.8. The minimum absolute atomic E-state index is 0.0168. The molecule has 0 bridgehead atoms. The molecule has 0 saturated heterocycles. The topological polar surface area (TPSA) is 57.6 Å². The lowest BCUT2D eigenvalue weighted by atomic mass is 10.00. The van der Waals surface area contributed by atoms with Gasteiger partial charge in [-0.3, -0.25) is 9.59 Å². The number of rotatable bonds is 4. The van der Waals surface area contributed by atoms with E-state index in [0.29, 0.717) is 13.1 Å². The molecule has 2 rings (SSSR count). The maximum atomic E-state index is 12.0. The van der Waals surface area contributed by atoms with Gasteiger partial charge in [-0.05, 0) is 23.6 Å². The van der Waals surface area contributed by atoms with Crippen LogP contribution < -0.4 is 0 Å². The van der Waals surface area contributed by atoms with Gasteiger partial charge in [0.05, 0.1) is 11.5 Å². The number of hydrogen-bond acceptors (Lipinski definition) is 3. The minimum Gasteiger partial charge on any atom is -0.481 e. The molecule has 6 heteroatoms. The summed E-state index contributed by atoms with van der Waals surface area (Å²) in [4.78, 5) is 24.1. The monoisotopic (exact) mass is 299 g/mol. The van der Waals surface area contributed by atoms with E-state index in [-0.39, 0.29) is 17.4 Å². The number of amides is 1. The highest BCUT2D eigenvalue weighted by Crippen LogP contribution is 2.26. The summed E-state index contributed by atoms with van der Waals surface area (Å²) >= 11 is 7.25. The second-order valence-corrected chi connectivity index (χ2v) is 5.72. The Morgan fingerprint density at radius 3 is 2.89 bits per heavy atom. The number of carboxylic acid groups (broad SMARTS) is 1. The lowest BCUT2D eigenvalue weighted by Gasteiger charge is -2.29. The molecule has 0 aliphatic carbocycles. The summed E-state index contributed by atoms with van der Waals surface area (Å²) in [5.41, 5.74) is 2.20. The van der Waals surface area contributed by atoms with Gasteiger partial charge in [0, 0.05) is 18.1 Å². The van der Waals surface area contributed by atoms with E-state index in [1.807, 2.05) is 18.2 Å². The summed E-state index contributed by atoms with van der Waals surface area (Å²) < 4.78 is 0. The number of thioether (sulfide) groups is 1. The molecule has 1 aromatic carbocycles. The molecule has 0 saturated carbocycles. The van der Waals surface area contributed by atoms with Crippen molar-refractivity contribution in [3.8, 4) is 0 Å². The highest BCUT2D eigenvalue weighted by molar-refractivity contribution is 8.00. The van der Waals surface area contributed by atoms with Gasteiger partial charge in [-0.25, -0.2) is 0 Å². The molecule has 1 amide bonds. The van der Waals surface area contributed by atoms with E-state index in [9.17, 15) is 9.59 Å². The molecule has 1 aromatic rings. The number of nitrogens with zero attached hydrogens (tertiary/aromatic N) is 1. The average molecular weight is 300 g/mol. The van der Waals surface area contributed by atoms with Crippen molar-refractivity contribution in [3.05, 3.63) is 34.3 Å². The average Bonchev–Trinajstić information content (AvgIpc) is 2.38. The number of aliphatic carboxylic acids is 1. The van der Waals surface area contributed by atoms with Gasteiger partial charge in [-0.2, -0.15) is 0 Å². The predicted molar refractivity (Wildman–Crippen MR) is 75.5 cm³/mol. The molecular formula is C13H14ClNO3S. The van der Waals surface area contributed by atoms with Crippen molar-refractivity contribution in [2.75, 3.05) is 18.1 Å². The fourth-order valence-electron chi connectivity index (χ4n) is 2.09. The van der Waals surface area contributed by atoms with Crippen LogP contribution in [0, 0.1) is 0 Å². The van der Waals surface area contributed by atoms with Crippen molar-refractivity contribution in [2.24, 2.45) is 0 Å². The van der Waals surface area contributed by atoms with Crippen LogP contribution in [-0.2, 0) is 22.6 Å². The van der Waals surface area contributed by atoms with Gasteiger partial charge in [0.1, 0.15) is 0 Å². The first kappa shape index (κ1) is 14.2. The lowest BCUT2D eigenvalue weighted by Crippen LogP contribution is -2.37. The molecule has 1 heterocycles. The second kappa shape index (κ2) is 6.30. The van der Waals surface area contributed by atoms with Crippen LogP contribution >= 0.6 is 23.4 Å². The zero-order chi connectivity index (χ0) is 13.8. The van der Waals surface area contributed by atoms with Gasteiger partial charge in [0.2, 0.25) is 5.91 Å². The van der Waals surface area contributed by atoms with Crippen LogP contribution in [-0.4, -0.2) is 39.9 Å². The molecule has 1 N–H and O–H groups in total. The Hall–Kier alpha value is -1.20. The summed E-state index contributed by atoms with van der Waals surface area (Å²) in [5.74, 6) is -0.741. The molecule has 0 spiro atoms. The molecule has 1 aliphatic heterocycles. The number of halogens is 1. The Morgan fingerprint density at radius 2 is 2.16 bits per heavy atom. The standard InChI is InChI=1S/C13H14ClNO3S/c14-11-3-1-2-9-6-15(5-4-10(9)11)12(16)7-19-8-13(17)18/h1-3H,4-8H2,(H,17,18). The smallest absolute Gasteiger partial charge is 0.313 e. The van der Waals surface area contributed by atoms with Crippen LogP contribution in [0.1, 0.15) is 11.1 Å². The van der Waals surface area contributed by atoms with Crippen LogP contribution in [0.2, 0.25) is 5.02 Å². The van der Waals surface area contributed by atoms with Crippen molar-refractivity contribution in [2.45, 2.75) is 13.0 Å². The third-order valence-electron chi connectivity index (χ3n) is 3.01. The third-order valence-corrected chi connectivity index (χ3v) is 4.27. The Kier molecular flexibility index (Phi) is 4.71. The van der Waals surface area contributed by atoms with Crippen LogP contribution in [0.25, 0.3) is 0 Å². The van der Waals surface area contributed by atoms with Crippen LogP contribution in [0.3, 0.4) is 0 Å². The molecule has 0 radical (unpaired) electrons. The maximum absolute atomic E-state index is 12.0. The molecule has 4 nitrogen and oxygen atoms in total. The molecule has 0 aromatic heterocycles. The number of carbonyl (C=O) groups excluding carboxylic acids is 1. The van der Waals surface area contributed by atoms with Gasteiger partial charge >= 0.3 is 5.97 Å². The summed E-state index contributed by atoms with van der Waals surface area (Å²) in [5, 5.41) is 9.29. The van der Waals surface area contributed by atoms with Gasteiger partial charge < -0.3 is 10.0 Å². The van der Waals surface area contributed by atoms with E-state index in [4.69, 9.17) is 16.7 Å². The second-order valence-electron chi connectivity index (χ2n) is 4.33. The Labute approximate surface area is 120 Å². The van der Waals surface area contributed by atoms with E-state index in [2.05, 4.69) is 0 Å². The molecule has 0 atom stereocenters. The molecule has 0 fully saturated rings. The highest BCUT2D eigenvalue weighted by Gasteiger charge is 2.21. The molecular weight excluding hydrogens is 286 g/mol. The predicted octanol–water partition coefficient (Wildman–Crippen LogP) is 2.04. The fourth-order valence-corrected chi connectivity index (χ4v) is 3.02. The molecule has 1 aliphatic rings. The van der Waals surface area contributed by atoms with Gasteiger partial charge in [-0.15, -0.1) is 11.8 Å². The quantitative estimate of drug-likeness (QED) is 0.924. The third kappa shape index (κ3) is 3.64. The van der Waals surface area contributed by atoms with E-state index in [0.717, 1.165) is 34.3 Å². The summed E-state index contributed by atoms with van der Waals surface area (Å²) in [6.45, 7) is 1.20. The first-order valence-electron chi connectivity index (χ1n) is 5.91. The molecule has 102 valence electrons. The van der Waals surface area contributed by atoms with Crippen molar-refractivity contribution >= 4 is 35.2 Å². The van der Waals surface area contributed by atoms with Gasteiger partial charge in [0.15, 0.2) is 0 Å². The largest absolute Gasteiger partial charge is 0.481 e. The van der Waals surface area contributed by atoms with Crippen molar-refractivity contribution in [1.82, 2.24) is 4.90 Å². The van der Waals surface area contributed by atoms with E-state index >= 15 is 0 Å². The zero-order valence-electron chi connectivity index (χ0n) is 10.3. The Bertz CT molecular complexity index is 507. The number of hydrogen-bond donors (Lipinski definition) is 1. The molecule has 19 heavy (non-hydrogen) atoms. The summed E-state index contributed by atoms with van der Waals surface area (Å²) in [7, 11) is 0. The SMILES string of the molecule is O=C(O)CSCC(=O)N1CCc2c(Cl)cccc2C1. The van der Waals surface area contributed by atoms with Crippen LogP contribution in [0.5, 0.6) is 0 Å². The molecule has 0 unspecified atom stereocenters. The van der Waals surface area contributed by atoms with E-state index in [1.165, 1.54) is 0 Å². The van der Waals surface area contributed by atoms with E-state index < -0.39 is 5.97 Å². The highest BCUT2D eigenvalue weighted by atomic mass is 35.5. The minimum atomic E-state index is -0.895. The van der Waals surface area contributed by atoms with Gasteiger partial charge in [-0.1, -0.05) is 23.7 Å². The van der Waals surface area contributed by atoms with Crippen molar-refractivity contribution in [3.63, 3.8) is 0 Å². The normalized spacial score (nSPS) is 14.1. The van der Waals surface area contributed by atoms with Crippen molar-refractivity contribution < 1.29 is 14.7 Å². The van der Waals surface area contributed by atoms with Crippen molar-refractivity contribution in [1.29, 1.82) is 0 Å². The number of fused-ring (bicyclic) bond motifs is 1. The maximum Gasteiger partial charge on any atom is 0.313 e. The summed E-state index contributed by atoms with van der Waals surface area (Å²) in [6, 6.07) is 5.72. The Balaban J connectivity index is 1.94. The van der Waals surface area contributed by atoms with E-state index in [1.54, 1.807) is 4.90 Å². The Morgan fingerprint density at radius 1 is 1.37 bits per heavy atom. The number of carbonyl (C=O) groups is 2. The number of benzene rings is 1. The summed E-state index contributed by atoms with van der Waals surface area (Å²) in [6.07, 6.45) is 0.754. The van der Waals surface area contributed by atoms with Gasteiger partial charge in [0.25, 0.3) is 0 Å². The first-order valence-corrected chi connectivity index (χ1v) is 7.45. The van der Waals surface area contributed by atoms with Crippen LogP contribution in [0.4, 0.5) is 0 Å². The van der Waals surface area contributed by atoms with Crippen LogP contribution in [0.15, 0.2) is 18.2 Å². The fraction of sp³-hybridized carbons (Fsp3) is 0.385.